The zero-order valence-corrected chi connectivity index (χ0v) is 20.9. The van der Waals surface area contributed by atoms with E-state index in [0.29, 0.717) is 35.3 Å². The van der Waals surface area contributed by atoms with Gasteiger partial charge in [-0.05, 0) is 53.7 Å². The molecule has 9 nitrogen and oxygen atoms in total. The second-order valence-electron chi connectivity index (χ2n) is 8.29. The van der Waals surface area contributed by atoms with Crippen molar-refractivity contribution in [3.63, 3.8) is 0 Å². The second-order valence-corrected chi connectivity index (χ2v) is 8.29. The molecule has 0 aliphatic heterocycles. The summed E-state index contributed by atoms with van der Waals surface area (Å²) in [5, 5.41) is 14.3. The Morgan fingerprint density at radius 1 is 1.29 bits per heavy atom. The van der Waals surface area contributed by atoms with Crippen LogP contribution in [-0.4, -0.2) is 66.6 Å². The van der Waals surface area contributed by atoms with Gasteiger partial charge in [-0.3, -0.25) is 5.10 Å². The third-order valence-corrected chi connectivity index (χ3v) is 5.19. The molecule has 10 heteroatoms. The van der Waals surface area contributed by atoms with E-state index in [2.05, 4.69) is 47.4 Å². The Labute approximate surface area is 204 Å². The van der Waals surface area contributed by atoms with Gasteiger partial charge in [0.2, 0.25) is 0 Å². The van der Waals surface area contributed by atoms with Crippen molar-refractivity contribution in [2.24, 2.45) is 9.98 Å². The predicted octanol–water partition coefficient (Wildman–Crippen LogP) is 4.22. The summed E-state index contributed by atoms with van der Waals surface area (Å²) in [4.78, 5) is 13.7. The van der Waals surface area contributed by atoms with Gasteiger partial charge in [-0.2, -0.15) is 5.10 Å². The highest BCUT2D eigenvalue weighted by Crippen LogP contribution is 2.30. The number of aryl methyl sites for hydroxylation is 2. The quantitative estimate of drug-likeness (QED) is 0.243. The molecule has 186 valence electrons. The highest BCUT2D eigenvalue weighted by Gasteiger charge is 2.12. The number of benzene rings is 1. The van der Waals surface area contributed by atoms with Gasteiger partial charge in [-0.1, -0.05) is 6.08 Å². The molecule has 0 atom stereocenters. The normalized spacial score (nSPS) is 12.7. The monoisotopic (exact) mass is 480 g/mol. The number of aromatic amines is 2. The van der Waals surface area contributed by atoms with Gasteiger partial charge >= 0.3 is 0 Å². The molecule has 1 aromatic carbocycles. The fourth-order valence-electron chi connectivity index (χ4n) is 3.43. The predicted molar refractivity (Wildman–Crippen MR) is 142 cm³/mol. The van der Waals surface area contributed by atoms with Gasteiger partial charge < -0.3 is 25.3 Å². The van der Waals surface area contributed by atoms with Crippen LogP contribution < -0.4 is 15.4 Å². The van der Waals surface area contributed by atoms with Crippen molar-refractivity contribution in [1.29, 1.82) is 0 Å². The van der Waals surface area contributed by atoms with E-state index < -0.39 is 0 Å². The number of ether oxygens (including phenoxy) is 1. The summed E-state index contributed by atoms with van der Waals surface area (Å²) in [7, 11) is 3.98. The van der Waals surface area contributed by atoms with E-state index in [0.717, 1.165) is 28.9 Å². The second kappa shape index (κ2) is 12.0. The van der Waals surface area contributed by atoms with E-state index in [1.807, 2.05) is 59.2 Å². The summed E-state index contributed by atoms with van der Waals surface area (Å²) in [5.74, 6) is 1.69. The molecule has 0 unspecified atom stereocenters. The van der Waals surface area contributed by atoms with Crippen LogP contribution in [0, 0.1) is 19.7 Å². The molecule has 0 aliphatic carbocycles. The molecule has 3 aromatic rings. The van der Waals surface area contributed by atoms with Gasteiger partial charge in [-0.15, -0.1) is 0 Å². The van der Waals surface area contributed by atoms with Crippen LogP contribution in [0.4, 0.5) is 10.2 Å². The lowest BCUT2D eigenvalue weighted by molar-refractivity contribution is 0.327. The number of H-pyrrole nitrogens is 2. The zero-order valence-electron chi connectivity index (χ0n) is 20.9. The molecule has 0 radical (unpaired) electrons. The number of anilines is 1. The van der Waals surface area contributed by atoms with Crippen molar-refractivity contribution in [1.82, 2.24) is 25.4 Å². The molecule has 4 N–H and O–H groups in total. The van der Waals surface area contributed by atoms with Crippen molar-refractivity contribution in [2.45, 2.75) is 20.8 Å². The molecular formula is C25H33FN8O. The standard InChI is InChI=1S/C25H33FN8O/c1-7-8-18-12-24(33-32-18)31-22(27-4)14-23(28-9-10-34(5)6)29-15-35-21-13-20(26)25-19(17(21)3)11-16(2)30-25/h7-8,11-14,30H,4,9-10,15H2,1-3,5-6H3,(H,28,29)(H2,31,32,33)/b8-7+,22-14+. The van der Waals surface area contributed by atoms with Crippen LogP contribution in [0.1, 0.15) is 23.9 Å². The van der Waals surface area contributed by atoms with Crippen LogP contribution in [0.15, 0.2) is 46.2 Å². The summed E-state index contributed by atoms with van der Waals surface area (Å²) in [6.07, 6.45) is 5.55. The SMILES string of the molecule is C=N/C(=C\C(=N/COc1cc(F)c2[nH]c(C)cc2c1C)NCCN(C)C)Nc1cc(/C=C/C)[nH]n1. The lowest BCUT2D eigenvalue weighted by Crippen LogP contribution is -2.31. The van der Waals surface area contributed by atoms with E-state index in [1.165, 1.54) is 6.07 Å². The third-order valence-electron chi connectivity index (χ3n) is 5.19. The number of nitrogens with one attached hydrogen (secondary N) is 4. The number of fused-ring (bicyclic) bond motifs is 1. The van der Waals surface area contributed by atoms with E-state index in [4.69, 9.17) is 4.74 Å². The number of halogens is 1. The average Bonchev–Trinajstić information content (AvgIpc) is 3.42. The third kappa shape index (κ3) is 7.03. The molecular weight excluding hydrogens is 447 g/mol. The van der Waals surface area contributed by atoms with Crippen molar-refractivity contribution in [3.8, 4) is 5.75 Å². The van der Waals surface area contributed by atoms with E-state index in [1.54, 1.807) is 6.08 Å². The van der Waals surface area contributed by atoms with Crippen LogP contribution in [0.2, 0.25) is 0 Å². The smallest absolute Gasteiger partial charge is 0.181 e. The molecule has 3 rings (SSSR count). The molecule has 2 aromatic heterocycles. The number of likely N-dealkylation sites (N-methyl/N-ethyl adjacent to an activating group) is 1. The summed E-state index contributed by atoms with van der Waals surface area (Å²) in [6.45, 7) is 10.8. The van der Waals surface area contributed by atoms with E-state index >= 15 is 0 Å². The summed E-state index contributed by atoms with van der Waals surface area (Å²) in [6, 6.07) is 5.15. The highest BCUT2D eigenvalue weighted by atomic mass is 19.1. The van der Waals surface area contributed by atoms with Crippen molar-refractivity contribution in [3.05, 3.63) is 58.9 Å². The van der Waals surface area contributed by atoms with Crippen LogP contribution in [0.25, 0.3) is 17.0 Å². The van der Waals surface area contributed by atoms with Gasteiger partial charge in [0.05, 0.1) is 11.2 Å². The summed E-state index contributed by atoms with van der Waals surface area (Å²) >= 11 is 0. The molecule has 0 bridgehead atoms. The van der Waals surface area contributed by atoms with Crippen molar-refractivity contribution in [2.75, 3.05) is 39.2 Å². The first-order chi connectivity index (χ1) is 16.8. The van der Waals surface area contributed by atoms with Gasteiger partial charge in [0.25, 0.3) is 0 Å². The minimum Gasteiger partial charge on any atom is -0.471 e. The molecule has 2 heterocycles. The molecule has 0 amide bonds. The summed E-state index contributed by atoms with van der Waals surface area (Å²) < 4.78 is 20.4. The number of rotatable bonds is 11. The Hall–Kier alpha value is -3.92. The number of aromatic nitrogens is 3. The summed E-state index contributed by atoms with van der Waals surface area (Å²) in [5.41, 5.74) is 3.08. The number of hydrogen-bond donors (Lipinski definition) is 4. The topological polar surface area (TPSA) is 106 Å². The fourth-order valence-corrected chi connectivity index (χ4v) is 3.43. The fraction of sp³-hybridized carbons (Fsp3) is 0.320. The van der Waals surface area contributed by atoms with Gasteiger partial charge in [0.1, 0.15) is 17.4 Å². The van der Waals surface area contributed by atoms with Crippen molar-refractivity contribution < 1.29 is 9.13 Å². The average molecular weight is 481 g/mol. The Balaban J connectivity index is 1.78. The lowest BCUT2D eigenvalue weighted by atomic mass is 10.1. The molecule has 0 aliphatic rings. The number of nitrogens with zero attached hydrogens (tertiary/aromatic N) is 4. The number of hydrogen-bond acceptors (Lipinski definition) is 6. The molecule has 35 heavy (non-hydrogen) atoms. The van der Waals surface area contributed by atoms with Gasteiger partial charge in [-0.25, -0.2) is 14.4 Å². The van der Waals surface area contributed by atoms with Gasteiger partial charge in [0.15, 0.2) is 18.4 Å². The van der Waals surface area contributed by atoms with E-state index in [-0.39, 0.29) is 12.5 Å². The van der Waals surface area contributed by atoms with Crippen LogP contribution in [-0.2, 0) is 0 Å². The highest BCUT2D eigenvalue weighted by molar-refractivity contribution is 5.94. The molecule has 0 saturated heterocycles. The minimum absolute atomic E-state index is 0.00569. The number of amidine groups is 1. The van der Waals surface area contributed by atoms with Crippen LogP contribution >= 0.6 is 0 Å². The minimum atomic E-state index is -0.361. The Morgan fingerprint density at radius 2 is 2.09 bits per heavy atom. The molecule has 0 spiro atoms. The molecule has 0 fully saturated rings. The Morgan fingerprint density at radius 3 is 2.80 bits per heavy atom. The number of allylic oxidation sites excluding steroid dienone is 1. The maximum Gasteiger partial charge on any atom is 0.181 e. The van der Waals surface area contributed by atoms with Crippen molar-refractivity contribution >= 4 is 35.3 Å². The number of aliphatic imine (C=N–C) groups is 2. The van der Waals surface area contributed by atoms with Crippen LogP contribution in [0.5, 0.6) is 5.75 Å². The molecule has 0 saturated carbocycles. The first-order valence-corrected chi connectivity index (χ1v) is 11.3. The Kier molecular flexibility index (Phi) is 8.80. The first-order valence-electron chi connectivity index (χ1n) is 11.3. The van der Waals surface area contributed by atoms with E-state index in [9.17, 15) is 4.39 Å². The largest absolute Gasteiger partial charge is 0.471 e. The maximum atomic E-state index is 14.5. The van der Waals surface area contributed by atoms with Crippen LogP contribution in [0.3, 0.4) is 0 Å². The Bertz CT molecular complexity index is 1250. The maximum absolute atomic E-state index is 14.5. The first kappa shape index (κ1) is 25.7. The lowest BCUT2D eigenvalue weighted by Gasteiger charge is -2.13. The van der Waals surface area contributed by atoms with Gasteiger partial charge in [0, 0.05) is 47.9 Å². The zero-order chi connectivity index (χ0) is 25.4.